The number of rotatable bonds is 5. The number of carbonyl (C=O) groups excluding carboxylic acids is 1. The van der Waals surface area contributed by atoms with Crippen molar-refractivity contribution in [2.24, 2.45) is 5.92 Å². The lowest BCUT2D eigenvalue weighted by molar-refractivity contribution is -0.140. The summed E-state index contributed by atoms with van der Waals surface area (Å²) in [5.41, 5.74) is 1.42. The number of aliphatic carboxylic acids is 1. The second-order valence-corrected chi connectivity index (χ2v) is 5.17. The van der Waals surface area contributed by atoms with Crippen molar-refractivity contribution in [1.82, 2.24) is 5.32 Å². The quantitative estimate of drug-likeness (QED) is 0.780. The number of urea groups is 1. The Balaban J connectivity index is 2.70. The van der Waals surface area contributed by atoms with Gasteiger partial charge in [0.1, 0.15) is 6.04 Å². The second-order valence-electron chi connectivity index (χ2n) is 4.76. The van der Waals surface area contributed by atoms with E-state index in [1.54, 1.807) is 25.1 Å². The Morgan fingerprint density at radius 3 is 2.55 bits per heavy atom. The molecule has 0 spiro atoms. The minimum atomic E-state index is -1.04. The van der Waals surface area contributed by atoms with Crippen LogP contribution in [0.25, 0.3) is 0 Å². The van der Waals surface area contributed by atoms with Crippen LogP contribution in [-0.2, 0) is 4.79 Å². The number of anilines is 1. The van der Waals surface area contributed by atoms with Gasteiger partial charge < -0.3 is 15.7 Å². The fourth-order valence-electron chi connectivity index (χ4n) is 1.66. The summed E-state index contributed by atoms with van der Waals surface area (Å²) in [6, 6.07) is 3.63. The van der Waals surface area contributed by atoms with Gasteiger partial charge in [-0.15, -0.1) is 0 Å². The van der Waals surface area contributed by atoms with Crippen LogP contribution in [0.2, 0.25) is 5.02 Å². The molecule has 0 aromatic heterocycles. The maximum atomic E-state index is 11.8. The van der Waals surface area contributed by atoms with Gasteiger partial charge in [0.25, 0.3) is 0 Å². The van der Waals surface area contributed by atoms with E-state index in [2.05, 4.69) is 10.6 Å². The van der Waals surface area contributed by atoms with Crippen molar-refractivity contribution >= 4 is 29.3 Å². The number of halogens is 1. The largest absolute Gasteiger partial charge is 0.480 e. The highest BCUT2D eigenvalue weighted by Crippen LogP contribution is 2.20. The second kappa shape index (κ2) is 7.14. The maximum absolute atomic E-state index is 11.8. The number of carboxylic acids is 1. The van der Waals surface area contributed by atoms with E-state index in [0.29, 0.717) is 17.1 Å². The van der Waals surface area contributed by atoms with Crippen LogP contribution in [0.3, 0.4) is 0 Å². The molecule has 0 fully saturated rings. The molecule has 2 amide bonds. The van der Waals surface area contributed by atoms with Gasteiger partial charge in [-0.1, -0.05) is 37.9 Å². The van der Waals surface area contributed by atoms with E-state index in [0.717, 1.165) is 5.56 Å². The molecule has 0 aliphatic rings. The molecular weight excluding hydrogens is 280 g/mol. The number of carboxylic acid groups (broad SMARTS) is 1. The summed E-state index contributed by atoms with van der Waals surface area (Å²) < 4.78 is 0. The first-order valence-corrected chi connectivity index (χ1v) is 6.79. The Hall–Kier alpha value is -1.75. The zero-order valence-corrected chi connectivity index (χ0v) is 12.5. The van der Waals surface area contributed by atoms with Gasteiger partial charge in [-0.3, -0.25) is 0 Å². The third kappa shape index (κ3) is 4.42. The van der Waals surface area contributed by atoms with Crippen LogP contribution in [0, 0.1) is 12.8 Å². The zero-order valence-electron chi connectivity index (χ0n) is 11.7. The molecule has 0 radical (unpaired) electrons. The standard InChI is InChI=1S/C14H19ClN2O3/c1-4-8(2)12(13(18)19)17-14(20)16-10-6-5-9(3)11(15)7-10/h5-8,12H,4H2,1-3H3,(H,18,19)(H2,16,17,20)/t8?,12-/m0/s1. The Morgan fingerprint density at radius 2 is 2.05 bits per heavy atom. The summed E-state index contributed by atoms with van der Waals surface area (Å²) >= 11 is 5.96. The average Bonchev–Trinajstić information content (AvgIpc) is 2.39. The van der Waals surface area contributed by atoms with Gasteiger partial charge in [0, 0.05) is 10.7 Å². The summed E-state index contributed by atoms with van der Waals surface area (Å²) in [4.78, 5) is 22.9. The summed E-state index contributed by atoms with van der Waals surface area (Å²) in [6.07, 6.45) is 0.660. The van der Waals surface area contributed by atoms with Gasteiger partial charge in [0.15, 0.2) is 0 Å². The van der Waals surface area contributed by atoms with Crippen molar-refractivity contribution in [3.63, 3.8) is 0 Å². The van der Waals surface area contributed by atoms with Crippen molar-refractivity contribution < 1.29 is 14.7 Å². The number of amides is 2. The van der Waals surface area contributed by atoms with Gasteiger partial charge in [-0.25, -0.2) is 9.59 Å². The van der Waals surface area contributed by atoms with Gasteiger partial charge in [-0.05, 0) is 30.5 Å². The average molecular weight is 299 g/mol. The van der Waals surface area contributed by atoms with E-state index in [1.165, 1.54) is 0 Å². The van der Waals surface area contributed by atoms with E-state index in [4.69, 9.17) is 16.7 Å². The van der Waals surface area contributed by atoms with Crippen LogP contribution >= 0.6 is 11.6 Å². The molecule has 0 aliphatic carbocycles. The molecule has 5 nitrogen and oxygen atoms in total. The molecule has 110 valence electrons. The Bertz CT molecular complexity index is 505. The number of aryl methyl sites for hydroxylation is 1. The molecule has 0 aliphatic heterocycles. The van der Waals surface area contributed by atoms with E-state index < -0.39 is 18.0 Å². The summed E-state index contributed by atoms with van der Waals surface area (Å²) in [7, 11) is 0. The molecule has 3 N–H and O–H groups in total. The monoisotopic (exact) mass is 298 g/mol. The summed E-state index contributed by atoms with van der Waals surface area (Å²) in [5, 5.41) is 14.7. The number of hydrogen-bond acceptors (Lipinski definition) is 2. The van der Waals surface area contributed by atoms with Gasteiger partial charge in [0.2, 0.25) is 0 Å². The highest BCUT2D eigenvalue weighted by Gasteiger charge is 2.25. The van der Waals surface area contributed by atoms with Crippen LogP contribution in [0.5, 0.6) is 0 Å². The molecule has 0 bridgehead atoms. The highest BCUT2D eigenvalue weighted by atomic mass is 35.5. The van der Waals surface area contributed by atoms with E-state index >= 15 is 0 Å². The number of benzene rings is 1. The molecule has 1 unspecified atom stereocenters. The lowest BCUT2D eigenvalue weighted by Crippen LogP contribution is -2.46. The van der Waals surface area contributed by atoms with Crippen LogP contribution in [0.4, 0.5) is 10.5 Å². The highest BCUT2D eigenvalue weighted by molar-refractivity contribution is 6.31. The predicted octanol–water partition coefficient (Wildman–Crippen LogP) is 3.27. The van der Waals surface area contributed by atoms with Crippen molar-refractivity contribution in [3.8, 4) is 0 Å². The lowest BCUT2D eigenvalue weighted by atomic mass is 9.99. The summed E-state index contributed by atoms with van der Waals surface area (Å²) in [5.74, 6) is -1.20. The van der Waals surface area contributed by atoms with E-state index in [9.17, 15) is 9.59 Å². The minimum absolute atomic E-state index is 0.153. The van der Waals surface area contributed by atoms with Crippen LogP contribution in [0.1, 0.15) is 25.8 Å². The van der Waals surface area contributed by atoms with Gasteiger partial charge >= 0.3 is 12.0 Å². The molecule has 0 heterocycles. The molecular formula is C14H19ClN2O3. The summed E-state index contributed by atoms with van der Waals surface area (Å²) in [6.45, 7) is 5.51. The Kier molecular flexibility index (Phi) is 5.82. The first-order valence-electron chi connectivity index (χ1n) is 6.41. The minimum Gasteiger partial charge on any atom is -0.480 e. The van der Waals surface area contributed by atoms with Crippen molar-refractivity contribution in [2.45, 2.75) is 33.2 Å². The fourth-order valence-corrected chi connectivity index (χ4v) is 1.84. The zero-order chi connectivity index (χ0) is 15.3. The Labute approximate surface area is 123 Å². The smallest absolute Gasteiger partial charge is 0.326 e. The van der Waals surface area contributed by atoms with Gasteiger partial charge in [-0.2, -0.15) is 0 Å². The third-order valence-electron chi connectivity index (χ3n) is 3.20. The van der Waals surface area contributed by atoms with E-state index in [1.807, 2.05) is 13.8 Å². The Morgan fingerprint density at radius 1 is 1.40 bits per heavy atom. The normalized spacial score (nSPS) is 13.4. The van der Waals surface area contributed by atoms with E-state index in [-0.39, 0.29) is 5.92 Å². The van der Waals surface area contributed by atoms with Crippen LogP contribution in [0.15, 0.2) is 18.2 Å². The van der Waals surface area contributed by atoms with Crippen LogP contribution in [-0.4, -0.2) is 23.1 Å². The first-order chi connectivity index (χ1) is 9.35. The van der Waals surface area contributed by atoms with Crippen LogP contribution < -0.4 is 10.6 Å². The predicted molar refractivity (Wildman–Crippen MR) is 79.2 cm³/mol. The topological polar surface area (TPSA) is 78.4 Å². The first kappa shape index (κ1) is 16.3. The number of hydrogen-bond donors (Lipinski definition) is 3. The molecule has 0 saturated heterocycles. The molecule has 2 atom stereocenters. The van der Waals surface area contributed by atoms with Crippen molar-refractivity contribution in [1.29, 1.82) is 0 Å². The molecule has 1 aromatic carbocycles. The van der Waals surface area contributed by atoms with Gasteiger partial charge in [0.05, 0.1) is 0 Å². The van der Waals surface area contributed by atoms with Crippen molar-refractivity contribution in [2.75, 3.05) is 5.32 Å². The number of nitrogens with one attached hydrogen (secondary N) is 2. The fraction of sp³-hybridized carbons (Fsp3) is 0.429. The third-order valence-corrected chi connectivity index (χ3v) is 3.60. The van der Waals surface area contributed by atoms with Crippen molar-refractivity contribution in [3.05, 3.63) is 28.8 Å². The molecule has 6 heteroatoms. The maximum Gasteiger partial charge on any atom is 0.326 e. The SMILES string of the molecule is CCC(C)[C@H](NC(=O)Nc1ccc(C)c(Cl)c1)C(=O)O. The number of carbonyl (C=O) groups is 2. The molecule has 1 aromatic rings. The molecule has 1 rings (SSSR count). The molecule has 20 heavy (non-hydrogen) atoms. The molecule has 0 saturated carbocycles. The lowest BCUT2D eigenvalue weighted by Gasteiger charge is -2.20.